The van der Waals surface area contributed by atoms with Crippen LogP contribution in [-0.2, 0) is 14.6 Å². The average Bonchev–Trinajstić information content (AvgIpc) is 3.14. The Hall–Kier alpha value is -1.56. The summed E-state index contributed by atoms with van der Waals surface area (Å²) in [5.41, 5.74) is 5.95. The molecule has 0 heterocycles. The van der Waals surface area contributed by atoms with Gasteiger partial charge in [0.2, 0.25) is 5.91 Å². The Kier molecular flexibility index (Phi) is 3.80. The van der Waals surface area contributed by atoms with Crippen LogP contribution in [0.5, 0.6) is 0 Å². The van der Waals surface area contributed by atoms with Crippen molar-refractivity contribution in [3.8, 4) is 0 Å². The fourth-order valence-electron chi connectivity index (χ4n) is 2.06. The van der Waals surface area contributed by atoms with Crippen LogP contribution in [0.1, 0.15) is 19.8 Å². The second-order valence-electron chi connectivity index (χ2n) is 4.74. The number of rotatable bonds is 5. The highest BCUT2D eigenvalue weighted by molar-refractivity contribution is 7.92. The lowest BCUT2D eigenvalue weighted by atomic mass is 10.3. The standard InChI is InChI=1S/C13H18N2O3S/c1-2-15(11-6-7-11)13(16)9-19(17,18)12-5-3-4-10(14)8-12/h3-5,8,11H,2,6-7,9,14H2,1H3. The van der Waals surface area contributed by atoms with E-state index in [1.165, 1.54) is 12.1 Å². The SMILES string of the molecule is CCN(C(=O)CS(=O)(=O)c1cccc(N)c1)C1CC1. The molecule has 0 aliphatic heterocycles. The fourth-order valence-corrected chi connectivity index (χ4v) is 3.32. The first-order valence-electron chi connectivity index (χ1n) is 6.32. The van der Waals surface area contributed by atoms with E-state index in [0.29, 0.717) is 12.2 Å². The highest BCUT2D eigenvalue weighted by atomic mass is 32.2. The number of nitrogens with two attached hydrogens (primary N) is 1. The van der Waals surface area contributed by atoms with Crippen LogP contribution in [0.4, 0.5) is 5.69 Å². The Labute approximate surface area is 113 Å². The first-order valence-corrected chi connectivity index (χ1v) is 7.97. The van der Waals surface area contributed by atoms with E-state index >= 15 is 0 Å². The molecule has 0 bridgehead atoms. The number of hydrogen-bond acceptors (Lipinski definition) is 4. The van der Waals surface area contributed by atoms with Gasteiger partial charge in [0.1, 0.15) is 5.75 Å². The third-order valence-corrected chi connectivity index (χ3v) is 4.78. The molecule has 5 nitrogen and oxygen atoms in total. The van der Waals surface area contributed by atoms with E-state index in [-0.39, 0.29) is 16.8 Å². The minimum absolute atomic E-state index is 0.104. The van der Waals surface area contributed by atoms with Crippen LogP contribution in [0, 0.1) is 0 Å². The van der Waals surface area contributed by atoms with Gasteiger partial charge in [0.15, 0.2) is 9.84 Å². The summed E-state index contributed by atoms with van der Waals surface area (Å²) in [5, 5.41) is 0. The molecule has 1 aliphatic carbocycles. The Morgan fingerprint density at radius 3 is 2.63 bits per heavy atom. The summed E-state index contributed by atoms with van der Waals surface area (Å²) in [4.78, 5) is 13.8. The molecule has 0 saturated heterocycles. The van der Waals surface area contributed by atoms with Gasteiger partial charge in [0, 0.05) is 18.3 Å². The van der Waals surface area contributed by atoms with Crippen molar-refractivity contribution in [2.24, 2.45) is 0 Å². The van der Waals surface area contributed by atoms with Gasteiger partial charge in [-0.25, -0.2) is 8.42 Å². The number of carbonyl (C=O) groups is 1. The van der Waals surface area contributed by atoms with Gasteiger partial charge in [-0.05, 0) is 38.0 Å². The molecular weight excluding hydrogens is 264 g/mol. The zero-order valence-electron chi connectivity index (χ0n) is 10.9. The molecule has 1 aromatic rings. The number of sulfone groups is 1. The molecule has 2 rings (SSSR count). The van der Waals surface area contributed by atoms with Crippen LogP contribution in [0.3, 0.4) is 0 Å². The number of carbonyl (C=O) groups excluding carboxylic acids is 1. The molecule has 1 aromatic carbocycles. The molecule has 0 spiro atoms. The quantitative estimate of drug-likeness (QED) is 0.819. The van der Waals surface area contributed by atoms with Gasteiger partial charge in [0.25, 0.3) is 0 Å². The molecule has 19 heavy (non-hydrogen) atoms. The number of anilines is 1. The summed E-state index contributed by atoms with van der Waals surface area (Å²) in [7, 11) is -3.61. The molecule has 6 heteroatoms. The van der Waals surface area contributed by atoms with Crippen molar-refractivity contribution >= 4 is 21.4 Å². The Morgan fingerprint density at radius 2 is 2.11 bits per heavy atom. The highest BCUT2D eigenvalue weighted by Crippen LogP contribution is 2.27. The van der Waals surface area contributed by atoms with Crippen LogP contribution >= 0.6 is 0 Å². The lowest BCUT2D eigenvalue weighted by molar-refractivity contribution is -0.128. The molecular formula is C13H18N2O3S. The summed E-state index contributed by atoms with van der Waals surface area (Å²) in [5.74, 6) is -0.812. The first kappa shape index (κ1) is 13.9. The van der Waals surface area contributed by atoms with Gasteiger partial charge >= 0.3 is 0 Å². The van der Waals surface area contributed by atoms with Crippen molar-refractivity contribution in [3.63, 3.8) is 0 Å². The van der Waals surface area contributed by atoms with Gasteiger partial charge in [-0.15, -0.1) is 0 Å². The number of benzene rings is 1. The maximum Gasteiger partial charge on any atom is 0.238 e. The second kappa shape index (κ2) is 5.21. The predicted molar refractivity (Wildman–Crippen MR) is 73.3 cm³/mol. The van der Waals surface area contributed by atoms with Crippen molar-refractivity contribution in [2.75, 3.05) is 18.0 Å². The third-order valence-electron chi connectivity index (χ3n) is 3.18. The molecule has 0 aromatic heterocycles. The summed E-state index contributed by atoms with van der Waals surface area (Å²) in [6.45, 7) is 2.42. The first-order chi connectivity index (χ1) is 8.94. The van der Waals surface area contributed by atoms with Gasteiger partial charge in [0.05, 0.1) is 4.90 Å². The smallest absolute Gasteiger partial charge is 0.238 e. The number of nitrogen functional groups attached to an aromatic ring is 1. The number of hydrogen-bond donors (Lipinski definition) is 1. The van der Waals surface area contributed by atoms with E-state index in [9.17, 15) is 13.2 Å². The van der Waals surface area contributed by atoms with Crippen LogP contribution in [-0.4, -0.2) is 37.6 Å². The monoisotopic (exact) mass is 282 g/mol. The van der Waals surface area contributed by atoms with E-state index in [0.717, 1.165) is 12.8 Å². The van der Waals surface area contributed by atoms with Crippen molar-refractivity contribution in [1.29, 1.82) is 0 Å². The van der Waals surface area contributed by atoms with Crippen LogP contribution in [0.15, 0.2) is 29.2 Å². The van der Waals surface area contributed by atoms with E-state index in [2.05, 4.69) is 0 Å². The number of nitrogens with zero attached hydrogens (tertiary/aromatic N) is 1. The zero-order valence-corrected chi connectivity index (χ0v) is 11.7. The van der Waals surface area contributed by atoms with Gasteiger partial charge in [-0.2, -0.15) is 0 Å². The molecule has 1 amide bonds. The van der Waals surface area contributed by atoms with E-state index < -0.39 is 15.6 Å². The maximum atomic E-state index is 12.2. The van der Waals surface area contributed by atoms with Crippen LogP contribution < -0.4 is 5.73 Å². The third kappa shape index (κ3) is 3.26. The Morgan fingerprint density at radius 1 is 1.42 bits per heavy atom. The maximum absolute atomic E-state index is 12.2. The van der Waals surface area contributed by atoms with Crippen molar-refractivity contribution in [3.05, 3.63) is 24.3 Å². The highest BCUT2D eigenvalue weighted by Gasteiger charge is 2.33. The lowest BCUT2D eigenvalue weighted by Crippen LogP contribution is -2.37. The predicted octanol–water partition coefficient (Wildman–Crippen LogP) is 1.05. The lowest BCUT2D eigenvalue weighted by Gasteiger charge is -2.20. The molecule has 0 atom stereocenters. The Balaban J connectivity index is 2.14. The van der Waals surface area contributed by atoms with E-state index in [1.54, 1.807) is 17.0 Å². The average molecular weight is 282 g/mol. The Bertz CT molecular complexity index is 579. The van der Waals surface area contributed by atoms with Crippen LogP contribution in [0.25, 0.3) is 0 Å². The van der Waals surface area contributed by atoms with Crippen molar-refractivity contribution in [1.82, 2.24) is 4.90 Å². The van der Waals surface area contributed by atoms with Crippen LogP contribution in [0.2, 0.25) is 0 Å². The summed E-state index contributed by atoms with van der Waals surface area (Å²) in [6, 6.07) is 6.27. The molecule has 0 radical (unpaired) electrons. The summed E-state index contributed by atoms with van der Waals surface area (Å²) in [6.07, 6.45) is 1.94. The van der Waals surface area contributed by atoms with Crippen molar-refractivity contribution in [2.45, 2.75) is 30.7 Å². The van der Waals surface area contributed by atoms with E-state index in [4.69, 9.17) is 5.73 Å². The molecule has 1 fully saturated rings. The van der Waals surface area contributed by atoms with E-state index in [1.807, 2.05) is 6.92 Å². The van der Waals surface area contributed by atoms with Gasteiger partial charge in [-0.3, -0.25) is 4.79 Å². The second-order valence-corrected chi connectivity index (χ2v) is 6.73. The fraction of sp³-hybridized carbons (Fsp3) is 0.462. The molecule has 104 valence electrons. The largest absolute Gasteiger partial charge is 0.399 e. The minimum atomic E-state index is -3.61. The molecule has 2 N–H and O–H groups in total. The van der Waals surface area contributed by atoms with Gasteiger partial charge in [-0.1, -0.05) is 6.07 Å². The molecule has 1 saturated carbocycles. The zero-order chi connectivity index (χ0) is 14.0. The molecule has 0 unspecified atom stereocenters. The topological polar surface area (TPSA) is 80.5 Å². The number of amides is 1. The molecule has 1 aliphatic rings. The minimum Gasteiger partial charge on any atom is -0.399 e. The van der Waals surface area contributed by atoms with Gasteiger partial charge < -0.3 is 10.6 Å². The van der Waals surface area contributed by atoms with Crippen molar-refractivity contribution < 1.29 is 13.2 Å². The normalized spacial score (nSPS) is 15.2. The summed E-state index contributed by atoms with van der Waals surface area (Å²) >= 11 is 0. The summed E-state index contributed by atoms with van der Waals surface area (Å²) < 4.78 is 24.3.